The molecule has 3 heterocycles. The van der Waals surface area contributed by atoms with E-state index in [1.54, 1.807) is 11.3 Å². The predicted octanol–water partition coefficient (Wildman–Crippen LogP) is 4.59. The van der Waals surface area contributed by atoms with Gasteiger partial charge >= 0.3 is 0 Å². The fourth-order valence-electron chi connectivity index (χ4n) is 2.44. The monoisotopic (exact) mass is 385 g/mol. The number of nitrogens with zero attached hydrogens (tertiary/aromatic N) is 2. The van der Waals surface area contributed by atoms with E-state index in [0.717, 1.165) is 20.8 Å². The highest BCUT2D eigenvalue weighted by atomic mass is 32.1. The molecule has 8 heteroatoms. The van der Waals surface area contributed by atoms with Gasteiger partial charge in [0, 0.05) is 0 Å². The second-order valence-corrected chi connectivity index (χ2v) is 7.41. The molecule has 132 valence electrons. The van der Waals surface area contributed by atoms with E-state index in [2.05, 4.69) is 15.3 Å². The van der Waals surface area contributed by atoms with Crippen molar-refractivity contribution in [2.45, 2.75) is 13.3 Å². The number of carbonyl (C=O) groups is 1. The molecule has 0 saturated carbocycles. The normalized spacial score (nSPS) is 11.0. The fourth-order valence-corrected chi connectivity index (χ4v) is 4.01. The van der Waals surface area contributed by atoms with Gasteiger partial charge in [-0.05, 0) is 36.6 Å². The van der Waals surface area contributed by atoms with Gasteiger partial charge in [0.2, 0.25) is 11.8 Å². The summed E-state index contributed by atoms with van der Waals surface area (Å²) in [5, 5.41) is 5.33. The molecule has 0 bridgehead atoms. The number of benzene rings is 1. The number of thiazole rings is 1. The van der Waals surface area contributed by atoms with Gasteiger partial charge in [-0.15, -0.1) is 11.3 Å². The van der Waals surface area contributed by atoms with Crippen LogP contribution in [-0.2, 0) is 11.2 Å². The van der Waals surface area contributed by atoms with Gasteiger partial charge in [0.1, 0.15) is 12.0 Å². The number of rotatable bonds is 6. The molecule has 0 aliphatic carbocycles. The molecule has 0 fully saturated rings. The summed E-state index contributed by atoms with van der Waals surface area (Å²) in [6.45, 7) is 2.55. The van der Waals surface area contributed by atoms with Crippen molar-refractivity contribution in [3.05, 3.63) is 47.7 Å². The summed E-state index contributed by atoms with van der Waals surface area (Å²) < 4.78 is 11.9. The summed E-state index contributed by atoms with van der Waals surface area (Å²) in [5.74, 6) is 1.15. The minimum atomic E-state index is -0.180. The molecule has 1 aromatic carbocycles. The Morgan fingerprint density at radius 3 is 3.04 bits per heavy atom. The van der Waals surface area contributed by atoms with Crippen molar-refractivity contribution >= 4 is 43.9 Å². The number of aromatic nitrogens is 2. The van der Waals surface area contributed by atoms with Gasteiger partial charge in [0.25, 0.3) is 0 Å². The number of thiophene rings is 1. The highest BCUT2D eigenvalue weighted by Crippen LogP contribution is 2.29. The highest BCUT2D eigenvalue weighted by molar-refractivity contribution is 7.22. The van der Waals surface area contributed by atoms with Crippen LogP contribution in [-0.4, -0.2) is 22.5 Å². The zero-order chi connectivity index (χ0) is 17.9. The first-order chi connectivity index (χ1) is 12.7. The number of hydrogen-bond acceptors (Lipinski definition) is 7. The molecule has 0 aliphatic rings. The van der Waals surface area contributed by atoms with Crippen molar-refractivity contribution in [3.8, 4) is 16.5 Å². The van der Waals surface area contributed by atoms with Gasteiger partial charge in [0.05, 0.1) is 33.8 Å². The maximum atomic E-state index is 12.3. The molecule has 0 spiro atoms. The Balaban J connectivity index is 1.44. The summed E-state index contributed by atoms with van der Waals surface area (Å²) in [6, 6.07) is 9.55. The molecule has 3 aromatic heterocycles. The molecule has 1 N–H and O–H groups in total. The van der Waals surface area contributed by atoms with Crippen LogP contribution in [0.2, 0.25) is 0 Å². The van der Waals surface area contributed by atoms with Crippen LogP contribution in [0.3, 0.4) is 0 Å². The van der Waals surface area contributed by atoms with E-state index in [9.17, 15) is 4.79 Å². The van der Waals surface area contributed by atoms with Gasteiger partial charge in [0.15, 0.2) is 5.13 Å². The van der Waals surface area contributed by atoms with Gasteiger partial charge in [-0.2, -0.15) is 0 Å². The Morgan fingerprint density at radius 2 is 2.23 bits per heavy atom. The molecule has 0 radical (unpaired) electrons. The number of anilines is 1. The third-order valence-electron chi connectivity index (χ3n) is 3.54. The van der Waals surface area contributed by atoms with E-state index in [4.69, 9.17) is 9.15 Å². The van der Waals surface area contributed by atoms with Crippen LogP contribution in [0.1, 0.15) is 12.6 Å². The number of hydrogen-bond donors (Lipinski definition) is 1. The van der Waals surface area contributed by atoms with E-state index in [0.29, 0.717) is 23.3 Å². The molecule has 0 atom stereocenters. The first-order valence-corrected chi connectivity index (χ1v) is 9.72. The number of nitrogens with one attached hydrogen (secondary N) is 1. The van der Waals surface area contributed by atoms with E-state index in [-0.39, 0.29) is 12.3 Å². The number of fused-ring (bicyclic) bond motifs is 1. The van der Waals surface area contributed by atoms with Gasteiger partial charge in [-0.25, -0.2) is 9.97 Å². The fraction of sp³-hybridized carbons (Fsp3) is 0.167. The number of oxazole rings is 1. The van der Waals surface area contributed by atoms with Crippen molar-refractivity contribution in [2.24, 2.45) is 0 Å². The zero-order valence-electron chi connectivity index (χ0n) is 13.9. The maximum absolute atomic E-state index is 12.3. The SMILES string of the molecule is CCOc1ccc2nc(NC(=O)Cc3coc(-c4cccs4)n3)sc2c1. The molecule has 26 heavy (non-hydrogen) atoms. The van der Waals surface area contributed by atoms with Crippen LogP contribution in [0, 0.1) is 0 Å². The van der Waals surface area contributed by atoms with Crippen LogP contribution < -0.4 is 10.1 Å². The third-order valence-corrected chi connectivity index (χ3v) is 5.33. The highest BCUT2D eigenvalue weighted by Gasteiger charge is 2.13. The number of carbonyl (C=O) groups excluding carboxylic acids is 1. The summed E-state index contributed by atoms with van der Waals surface area (Å²) in [5.41, 5.74) is 1.42. The van der Waals surface area contributed by atoms with Gasteiger partial charge in [-0.1, -0.05) is 17.4 Å². The lowest BCUT2D eigenvalue weighted by atomic mass is 10.3. The van der Waals surface area contributed by atoms with E-state index in [1.807, 2.05) is 42.6 Å². The number of ether oxygens (including phenoxy) is 1. The van der Waals surface area contributed by atoms with Crippen molar-refractivity contribution in [3.63, 3.8) is 0 Å². The first-order valence-electron chi connectivity index (χ1n) is 8.03. The second kappa shape index (κ2) is 7.27. The summed E-state index contributed by atoms with van der Waals surface area (Å²) in [4.78, 5) is 22.0. The maximum Gasteiger partial charge on any atom is 0.236 e. The topological polar surface area (TPSA) is 77.2 Å². The third kappa shape index (κ3) is 3.61. The average molecular weight is 385 g/mol. The summed E-state index contributed by atoms with van der Waals surface area (Å²) in [6.07, 6.45) is 1.65. The lowest BCUT2D eigenvalue weighted by Crippen LogP contribution is -2.14. The minimum absolute atomic E-state index is 0.134. The van der Waals surface area contributed by atoms with Crippen molar-refractivity contribution in [1.82, 2.24) is 9.97 Å². The molecule has 6 nitrogen and oxygen atoms in total. The van der Waals surface area contributed by atoms with Gasteiger partial charge in [-0.3, -0.25) is 4.79 Å². The molecular weight excluding hydrogens is 370 g/mol. The minimum Gasteiger partial charge on any atom is -0.494 e. The molecule has 4 aromatic rings. The quantitative estimate of drug-likeness (QED) is 0.525. The van der Waals surface area contributed by atoms with Crippen LogP contribution in [0.4, 0.5) is 5.13 Å². The Hall–Kier alpha value is -2.71. The van der Waals surface area contributed by atoms with Crippen molar-refractivity contribution in [1.29, 1.82) is 0 Å². The molecule has 0 aliphatic heterocycles. The zero-order valence-corrected chi connectivity index (χ0v) is 15.5. The smallest absolute Gasteiger partial charge is 0.236 e. The standard InChI is InChI=1S/C18H15N3O3S2/c1-2-23-12-5-6-13-15(9-12)26-18(20-13)21-16(22)8-11-10-24-17(19-11)14-4-3-7-25-14/h3-7,9-10H,2,8H2,1H3,(H,20,21,22). The van der Waals surface area contributed by atoms with Crippen LogP contribution >= 0.6 is 22.7 Å². The lowest BCUT2D eigenvalue weighted by molar-refractivity contribution is -0.115. The van der Waals surface area contributed by atoms with Crippen molar-refractivity contribution < 1.29 is 13.9 Å². The Morgan fingerprint density at radius 1 is 1.31 bits per heavy atom. The molecular formula is C18H15N3O3S2. The van der Waals surface area contributed by atoms with Crippen molar-refractivity contribution in [2.75, 3.05) is 11.9 Å². The Labute approximate surface area is 157 Å². The lowest BCUT2D eigenvalue weighted by Gasteiger charge is -2.00. The van der Waals surface area contributed by atoms with Crippen LogP contribution in [0.15, 0.2) is 46.4 Å². The Bertz CT molecular complexity index is 1040. The molecule has 4 rings (SSSR count). The second-order valence-electron chi connectivity index (χ2n) is 5.43. The number of amides is 1. The summed E-state index contributed by atoms with van der Waals surface area (Å²) >= 11 is 2.96. The Kier molecular flexibility index (Phi) is 4.68. The molecule has 0 unspecified atom stereocenters. The van der Waals surface area contributed by atoms with Crippen LogP contribution in [0.5, 0.6) is 5.75 Å². The average Bonchev–Trinajstić information content (AvgIpc) is 3.34. The van der Waals surface area contributed by atoms with E-state index < -0.39 is 0 Å². The summed E-state index contributed by atoms with van der Waals surface area (Å²) in [7, 11) is 0. The van der Waals surface area contributed by atoms with Gasteiger partial charge < -0.3 is 14.5 Å². The van der Waals surface area contributed by atoms with Crippen LogP contribution in [0.25, 0.3) is 21.0 Å². The molecule has 0 saturated heterocycles. The van der Waals surface area contributed by atoms with E-state index in [1.165, 1.54) is 17.6 Å². The molecule has 1 amide bonds. The first kappa shape index (κ1) is 16.7. The van der Waals surface area contributed by atoms with E-state index >= 15 is 0 Å². The largest absolute Gasteiger partial charge is 0.494 e. The predicted molar refractivity (Wildman–Crippen MR) is 103 cm³/mol.